The Morgan fingerprint density at radius 3 is 2.34 bits per heavy atom. The van der Waals surface area contributed by atoms with Crippen molar-refractivity contribution >= 4 is 29.1 Å². The van der Waals surface area contributed by atoms with Gasteiger partial charge in [-0.3, -0.25) is 14.4 Å². The molecule has 3 amide bonds. The Balaban J connectivity index is 1.31. The Bertz CT molecular complexity index is 1210. The van der Waals surface area contributed by atoms with Gasteiger partial charge in [0, 0.05) is 36.4 Å². The molecule has 1 aliphatic heterocycles. The Morgan fingerprint density at radius 1 is 0.943 bits per heavy atom. The van der Waals surface area contributed by atoms with Gasteiger partial charge in [0.2, 0.25) is 11.8 Å². The quantitative estimate of drug-likeness (QED) is 0.521. The number of amides is 3. The van der Waals surface area contributed by atoms with Crippen molar-refractivity contribution < 1.29 is 23.9 Å². The van der Waals surface area contributed by atoms with Crippen molar-refractivity contribution in [2.24, 2.45) is 5.92 Å². The van der Waals surface area contributed by atoms with E-state index in [0.717, 1.165) is 17.0 Å². The molecule has 2 N–H and O–H groups in total. The maximum atomic E-state index is 12.8. The van der Waals surface area contributed by atoms with E-state index in [0.29, 0.717) is 30.1 Å². The first-order valence-corrected chi connectivity index (χ1v) is 11.2. The van der Waals surface area contributed by atoms with Gasteiger partial charge in [0.15, 0.2) is 0 Å². The lowest BCUT2D eigenvalue weighted by atomic mass is 10.1. The van der Waals surface area contributed by atoms with E-state index in [1.807, 2.05) is 24.3 Å². The van der Waals surface area contributed by atoms with E-state index in [4.69, 9.17) is 9.47 Å². The lowest BCUT2D eigenvalue weighted by Crippen LogP contribution is -2.28. The van der Waals surface area contributed by atoms with E-state index >= 15 is 0 Å². The summed E-state index contributed by atoms with van der Waals surface area (Å²) in [6.07, 6.45) is 0.141. The summed E-state index contributed by atoms with van der Waals surface area (Å²) in [5.74, 6) is 0.417. The molecule has 0 aliphatic carbocycles. The molecular weight excluding hydrogens is 446 g/mol. The van der Waals surface area contributed by atoms with E-state index < -0.39 is 5.92 Å². The van der Waals surface area contributed by atoms with Crippen molar-refractivity contribution in [1.82, 2.24) is 5.32 Å². The van der Waals surface area contributed by atoms with Gasteiger partial charge in [-0.05, 0) is 66.2 Å². The molecule has 1 heterocycles. The second kappa shape index (κ2) is 10.7. The average Bonchev–Trinajstić information content (AvgIpc) is 3.29. The van der Waals surface area contributed by atoms with Crippen molar-refractivity contribution in [3.05, 3.63) is 83.9 Å². The third-order valence-electron chi connectivity index (χ3n) is 5.88. The molecule has 1 fully saturated rings. The maximum Gasteiger partial charge on any atom is 0.251 e. The third-order valence-corrected chi connectivity index (χ3v) is 5.88. The molecule has 0 radical (unpaired) electrons. The number of carbonyl (C=O) groups excluding carboxylic acids is 3. The van der Waals surface area contributed by atoms with Gasteiger partial charge in [-0.25, -0.2) is 0 Å². The molecule has 0 saturated carbocycles. The Kier molecular flexibility index (Phi) is 7.30. The highest BCUT2D eigenvalue weighted by Gasteiger charge is 2.35. The van der Waals surface area contributed by atoms with Gasteiger partial charge in [0.25, 0.3) is 5.91 Å². The lowest BCUT2D eigenvalue weighted by Gasteiger charge is -2.17. The van der Waals surface area contributed by atoms with Crippen LogP contribution in [0.4, 0.5) is 11.4 Å². The predicted molar refractivity (Wildman–Crippen MR) is 133 cm³/mol. The Hall–Kier alpha value is -4.33. The van der Waals surface area contributed by atoms with Crippen LogP contribution in [0, 0.1) is 5.92 Å². The number of rotatable bonds is 8. The minimum atomic E-state index is -0.463. The molecular formula is C27H27N3O5. The maximum absolute atomic E-state index is 12.8. The summed E-state index contributed by atoms with van der Waals surface area (Å²) < 4.78 is 10.4. The van der Waals surface area contributed by atoms with Crippen LogP contribution in [0.1, 0.15) is 22.3 Å². The second-order valence-electron chi connectivity index (χ2n) is 8.20. The number of methoxy groups -OCH3 is 2. The van der Waals surface area contributed by atoms with Gasteiger partial charge in [0.1, 0.15) is 11.5 Å². The van der Waals surface area contributed by atoms with E-state index in [2.05, 4.69) is 10.6 Å². The normalized spacial score (nSPS) is 15.0. The minimum Gasteiger partial charge on any atom is -0.497 e. The van der Waals surface area contributed by atoms with Crippen LogP contribution in [0.3, 0.4) is 0 Å². The molecule has 3 aromatic rings. The topological polar surface area (TPSA) is 97.0 Å². The number of hydrogen-bond acceptors (Lipinski definition) is 5. The molecule has 0 spiro atoms. The number of ether oxygens (including phenoxy) is 2. The van der Waals surface area contributed by atoms with Gasteiger partial charge < -0.3 is 25.0 Å². The van der Waals surface area contributed by atoms with Gasteiger partial charge >= 0.3 is 0 Å². The molecule has 0 aromatic heterocycles. The van der Waals surface area contributed by atoms with E-state index in [9.17, 15) is 14.4 Å². The number of carbonyl (C=O) groups is 3. The zero-order valence-electron chi connectivity index (χ0n) is 19.6. The molecule has 8 heteroatoms. The fourth-order valence-corrected chi connectivity index (χ4v) is 3.91. The van der Waals surface area contributed by atoms with E-state index in [1.165, 1.54) is 0 Å². The number of anilines is 2. The van der Waals surface area contributed by atoms with Crippen LogP contribution in [0.2, 0.25) is 0 Å². The second-order valence-corrected chi connectivity index (χ2v) is 8.20. The van der Waals surface area contributed by atoms with Crippen molar-refractivity contribution in [3.8, 4) is 11.5 Å². The van der Waals surface area contributed by atoms with Crippen LogP contribution in [-0.2, 0) is 16.1 Å². The standard InChI is InChI=1S/C27H27N3O5/c1-34-23-12-10-22(11-13-23)30-17-20(15-25(30)31)27(33)29-21-8-6-19(7-9-21)26(32)28-16-18-4-3-5-24(14-18)35-2/h3-14,20H,15-17H2,1-2H3,(H,28,32)(H,29,33). The first kappa shape index (κ1) is 23.8. The minimum absolute atomic E-state index is 0.0987. The molecule has 1 aliphatic rings. The van der Waals surface area contributed by atoms with Crippen LogP contribution in [0.15, 0.2) is 72.8 Å². The fraction of sp³-hybridized carbons (Fsp3) is 0.222. The summed E-state index contributed by atoms with van der Waals surface area (Å²) in [6.45, 7) is 0.677. The van der Waals surface area contributed by atoms with Gasteiger partial charge in [0.05, 0.1) is 20.1 Å². The smallest absolute Gasteiger partial charge is 0.251 e. The van der Waals surface area contributed by atoms with Crippen LogP contribution >= 0.6 is 0 Å². The van der Waals surface area contributed by atoms with Crippen LogP contribution < -0.4 is 25.0 Å². The summed E-state index contributed by atoms with van der Waals surface area (Å²) >= 11 is 0. The Morgan fingerprint density at radius 2 is 1.66 bits per heavy atom. The van der Waals surface area contributed by atoms with Crippen LogP contribution in [-0.4, -0.2) is 38.5 Å². The highest BCUT2D eigenvalue weighted by Crippen LogP contribution is 2.27. The Labute approximate surface area is 203 Å². The van der Waals surface area contributed by atoms with Crippen molar-refractivity contribution in [1.29, 1.82) is 0 Å². The van der Waals surface area contributed by atoms with Gasteiger partial charge in [-0.15, -0.1) is 0 Å². The molecule has 3 aromatic carbocycles. The molecule has 8 nitrogen and oxygen atoms in total. The number of hydrogen-bond donors (Lipinski definition) is 2. The molecule has 1 unspecified atom stereocenters. The van der Waals surface area contributed by atoms with Crippen molar-refractivity contribution in [3.63, 3.8) is 0 Å². The first-order chi connectivity index (χ1) is 17.0. The van der Waals surface area contributed by atoms with Crippen LogP contribution in [0.5, 0.6) is 11.5 Å². The molecule has 180 valence electrons. The molecule has 1 saturated heterocycles. The lowest BCUT2D eigenvalue weighted by molar-refractivity contribution is -0.122. The predicted octanol–water partition coefficient (Wildman–Crippen LogP) is 3.63. The average molecular weight is 474 g/mol. The summed E-state index contributed by atoms with van der Waals surface area (Å²) in [5.41, 5.74) is 2.70. The zero-order chi connectivity index (χ0) is 24.8. The SMILES string of the molecule is COc1ccc(N2CC(C(=O)Nc3ccc(C(=O)NCc4cccc(OC)c4)cc3)CC2=O)cc1. The molecule has 1 atom stereocenters. The third kappa shape index (κ3) is 5.78. The summed E-state index contributed by atoms with van der Waals surface area (Å²) in [6, 6.07) is 21.3. The number of benzene rings is 3. The summed E-state index contributed by atoms with van der Waals surface area (Å²) in [5, 5.41) is 5.72. The largest absolute Gasteiger partial charge is 0.497 e. The van der Waals surface area contributed by atoms with E-state index in [1.54, 1.807) is 67.7 Å². The van der Waals surface area contributed by atoms with E-state index in [-0.39, 0.29) is 24.1 Å². The number of nitrogens with one attached hydrogen (secondary N) is 2. The molecule has 4 rings (SSSR count). The monoisotopic (exact) mass is 473 g/mol. The highest BCUT2D eigenvalue weighted by molar-refractivity contribution is 6.03. The van der Waals surface area contributed by atoms with Crippen molar-refractivity contribution in [2.75, 3.05) is 31.0 Å². The molecule has 0 bridgehead atoms. The summed E-state index contributed by atoms with van der Waals surface area (Å²) in [7, 11) is 3.18. The summed E-state index contributed by atoms with van der Waals surface area (Å²) in [4.78, 5) is 39.3. The van der Waals surface area contributed by atoms with Crippen LogP contribution in [0.25, 0.3) is 0 Å². The highest BCUT2D eigenvalue weighted by atomic mass is 16.5. The van der Waals surface area contributed by atoms with Crippen molar-refractivity contribution in [2.45, 2.75) is 13.0 Å². The zero-order valence-corrected chi connectivity index (χ0v) is 19.6. The van der Waals surface area contributed by atoms with Gasteiger partial charge in [-0.1, -0.05) is 12.1 Å². The number of nitrogens with zero attached hydrogens (tertiary/aromatic N) is 1. The fourth-order valence-electron chi connectivity index (χ4n) is 3.91. The van der Waals surface area contributed by atoms with Gasteiger partial charge in [-0.2, -0.15) is 0 Å². The molecule has 35 heavy (non-hydrogen) atoms. The first-order valence-electron chi connectivity index (χ1n) is 11.2.